The number of likely N-dealkylation sites (tertiary alicyclic amines) is 1. The van der Waals surface area contributed by atoms with Crippen LogP contribution in [0.1, 0.15) is 36.8 Å². The average Bonchev–Trinajstić information content (AvgIpc) is 3.10. The predicted octanol–water partition coefficient (Wildman–Crippen LogP) is 5.47. The van der Waals surface area contributed by atoms with Crippen LogP contribution in [0.2, 0.25) is 10.0 Å². The highest BCUT2D eigenvalue weighted by Crippen LogP contribution is 2.49. The maximum absolute atomic E-state index is 13.2. The smallest absolute Gasteiger partial charge is 0.123 e. The Balaban J connectivity index is 1.39. The van der Waals surface area contributed by atoms with Crippen molar-refractivity contribution in [1.29, 1.82) is 0 Å². The fourth-order valence-electron chi connectivity index (χ4n) is 4.98. The van der Waals surface area contributed by atoms with Gasteiger partial charge in [0.2, 0.25) is 0 Å². The molecule has 2 fully saturated rings. The van der Waals surface area contributed by atoms with Gasteiger partial charge in [-0.2, -0.15) is 0 Å². The largest absolute Gasteiger partial charge is 0.385 e. The molecule has 1 aliphatic carbocycles. The summed E-state index contributed by atoms with van der Waals surface area (Å²) in [4.78, 5) is 2.48. The topological polar surface area (TPSA) is 23.5 Å². The van der Waals surface area contributed by atoms with E-state index in [9.17, 15) is 9.50 Å². The zero-order valence-corrected chi connectivity index (χ0v) is 16.8. The molecule has 1 aliphatic heterocycles. The standard InChI is InChI=1S/C22H24Cl2FNO/c1-14(20-7-4-18(23)8-21(20)24)11-26-12-15-9-22(27,10-16(15)13-26)17-2-5-19(25)6-3-17/h2-8,14-16,27H,9-13H2,1H3/t14?,15-,16+,22-. The van der Waals surface area contributed by atoms with Gasteiger partial charge in [0.1, 0.15) is 5.82 Å². The Bertz CT molecular complexity index is 812. The van der Waals surface area contributed by atoms with E-state index in [0.717, 1.165) is 48.6 Å². The van der Waals surface area contributed by atoms with E-state index >= 15 is 0 Å². The minimum atomic E-state index is -0.819. The van der Waals surface area contributed by atoms with Gasteiger partial charge >= 0.3 is 0 Å². The first-order valence-corrected chi connectivity index (χ1v) is 10.3. The van der Waals surface area contributed by atoms with E-state index < -0.39 is 5.60 Å². The molecule has 1 saturated heterocycles. The third-order valence-corrected chi connectivity index (χ3v) is 6.82. The van der Waals surface area contributed by atoms with Crippen LogP contribution in [0.4, 0.5) is 4.39 Å². The number of benzene rings is 2. The Hall–Kier alpha value is -1.13. The molecule has 1 heterocycles. The van der Waals surface area contributed by atoms with E-state index in [1.165, 1.54) is 12.1 Å². The molecule has 1 N–H and O–H groups in total. The van der Waals surface area contributed by atoms with Gasteiger partial charge in [0, 0.05) is 29.7 Å². The first kappa shape index (κ1) is 19.2. The highest BCUT2D eigenvalue weighted by molar-refractivity contribution is 6.35. The Morgan fingerprint density at radius 3 is 2.33 bits per heavy atom. The lowest BCUT2D eigenvalue weighted by Crippen LogP contribution is -2.30. The number of nitrogens with zero attached hydrogens (tertiary/aromatic N) is 1. The molecule has 4 rings (SSSR count). The van der Waals surface area contributed by atoms with E-state index in [1.54, 1.807) is 18.2 Å². The monoisotopic (exact) mass is 407 g/mol. The van der Waals surface area contributed by atoms with Crippen molar-refractivity contribution in [1.82, 2.24) is 4.90 Å². The Labute approximate surface area is 169 Å². The summed E-state index contributed by atoms with van der Waals surface area (Å²) in [6, 6.07) is 12.0. The molecule has 27 heavy (non-hydrogen) atoms. The normalized spacial score (nSPS) is 29.1. The minimum Gasteiger partial charge on any atom is -0.385 e. The molecule has 1 unspecified atom stereocenters. The first-order chi connectivity index (χ1) is 12.8. The zero-order chi connectivity index (χ0) is 19.2. The van der Waals surface area contributed by atoms with E-state index in [4.69, 9.17) is 23.2 Å². The van der Waals surface area contributed by atoms with Crippen molar-refractivity contribution < 1.29 is 9.50 Å². The molecule has 2 nitrogen and oxygen atoms in total. The lowest BCUT2D eigenvalue weighted by atomic mass is 9.90. The van der Waals surface area contributed by atoms with Crippen molar-refractivity contribution in [3.63, 3.8) is 0 Å². The van der Waals surface area contributed by atoms with Crippen LogP contribution in [0.25, 0.3) is 0 Å². The number of rotatable bonds is 4. The number of halogens is 3. The molecule has 0 spiro atoms. The molecule has 2 aliphatic rings. The van der Waals surface area contributed by atoms with Crippen LogP contribution < -0.4 is 0 Å². The number of fused-ring (bicyclic) bond motifs is 1. The quantitative estimate of drug-likeness (QED) is 0.726. The van der Waals surface area contributed by atoms with Gasteiger partial charge in [-0.3, -0.25) is 0 Å². The van der Waals surface area contributed by atoms with Crippen molar-refractivity contribution in [2.75, 3.05) is 19.6 Å². The SMILES string of the molecule is CC(CN1C[C@@H]2C[C@@](O)(c3ccc(F)cc3)C[C@@H]2C1)c1ccc(Cl)cc1Cl. The van der Waals surface area contributed by atoms with Gasteiger partial charge in [-0.25, -0.2) is 4.39 Å². The van der Waals surface area contributed by atoms with E-state index in [2.05, 4.69) is 11.8 Å². The summed E-state index contributed by atoms with van der Waals surface area (Å²) in [7, 11) is 0. The molecule has 0 amide bonds. The molecular formula is C22H24Cl2FNO. The summed E-state index contributed by atoms with van der Waals surface area (Å²) in [5, 5.41) is 12.5. The van der Waals surface area contributed by atoms with Gasteiger partial charge in [-0.1, -0.05) is 48.3 Å². The van der Waals surface area contributed by atoms with Gasteiger partial charge in [0.25, 0.3) is 0 Å². The molecule has 0 radical (unpaired) electrons. The van der Waals surface area contributed by atoms with E-state index in [-0.39, 0.29) is 5.82 Å². The summed E-state index contributed by atoms with van der Waals surface area (Å²) in [5.41, 5.74) is 1.15. The second-order valence-electron chi connectivity index (χ2n) is 8.25. The second-order valence-corrected chi connectivity index (χ2v) is 9.10. The maximum Gasteiger partial charge on any atom is 0.123 e. The fraction of sp³-hybridized carbons (Fsp3) is 0.455. The summed E-state index contributed by atoms with van der Waals surface area (Å²) < 4.78 is 13.2. The third-order valence-electron chi connectivity index (χ3n) is 6.26. The summed E-state index contributed by atoms with van der Waals surface area (Å²) >= 11 is 12.4. The highest BCUT2D eigenvalue weighted by Gasteiger charge is 2.49. The van der Waals surface area contributed by atoms with Crippen LogP contribution in [0.5, 0.6) is 0 Å². The van der Waals surface area contributed by atoms with Crippen LogP contribution in [0, 0.1) is 17.7 Å². The Morgan fingerprint density at radius 2 is 1.74 bits per heavy atom. The molecule has 5 heteroatoms. The molecule has 0 bridgehead atoms. The van der Waals surface area contributed by atoms with Gasteiger partial charge < -0.3 is 10.0 Å². The van der Waals surface area contributed by atoms with Crippen molar-refractivity contribution in [2.45, 2.75) is 31.3 Å². The fourth-order valence-corrected chi connectivity index (χ4v) is 5.58. The van der Waals surface area contributed by atoms with Crippen LogP contribution in [-0.2, 0) is 5.60 Å². The summed E-state index contributed by atoms with van der Waals surface area (Å²) in [6.45, 7) is 5.12. The lowest BCUT2D eigenvalue weighted by molar-refractivity contribution is 0.0312. The lowest BCUT2D eigenvalue weighted by Gasteiger charge is -2.27. The Morgan fingerprint density at radius 1 is 1.11 bits per heavy atom. The Kier molecular flexibility index (Phi) is 5.24. The number of hydrogen-bond donors (Lipinski definition) is 1. The van der Waals surface area contributed by atoms with Gasteiger partial charge in [0.05, 0.1) is 5.60 Å². The second kappa shape index (κ2) is 7.36. The van der Waals surface area contributed by atoms with Crippen molar-refractivity contribution in [2.24, 2.45) is 11.8 Å². The van der Waals surface area contributed by atoms with Crippen LogP contribution in [0.15, 0.2) is 42.5 Å². The zero-order valence-electron chi connectivity index (χ0n) is 15.3. The molecule has 1 saturated carbocycles. The maximum atomic E-state index is 13.2. The molecular weight excluding hydrogens is 384 g/mol. The number of aliphatic hydroxyl groups is 1. The summed E-state index contributed by atoms with van der Waals surface area (Å²) in [5.74, 6) is 1.02. The van der Waals surface area contributed by atoms with Crippen molar-refractivity contribution in [3.05, 3.63) is 69.5 Å². The highest BCUT2D eigenvalue weighted by atomic mass is 35.5. The van der Waals surface area contributed by atoms with Gasteiger partial charge in [-0.15, -0.1) is 0 Å². The van der Waals surface area contributed by atoms with Crippen molar-refractivity contribution >= 4 is 23.2 Å². The summed E-state index contributed by atoms with van der Waals surface area (Å²) in [6.07, 6.45) is 1.49. The van der Waals surface area contributed by atoms with Gasteiger partial charge in [-0.05, 0) is 66.0 Å². The van der Waals surface area contributed by atoms with E-state index in [0.29, 0.717) is 22.8 Å². The molecule has 2 aromatic carbocycles. The van der Waals surface area contributed by atoms with Crippen LogP contribution in [0.3, 0.4) is 0 Å². The average molecular weight is 408 g/mol. The number of hydrogen-bond acceptors (Lipinski definition) is 2. The minimum absolute atomic E-state index is 0.262. The van der Waals surface area contributed by atoms with Crippen molar-refractivity contribution in [3.8, 4) is 0 Å². The van der Waals surface area contributed by atoms with E-state index in [1.807, 2.05) is 12.1 Å². The molecule has 144 valence electrons. The van der Waals surface area contributed by atoms with Gasteiger partial charge in [0.15, 0.2) is 0 Å². The first-order valence-electron chi connectivity index (χ1n) is 9.50. The van der Waals surface area contributed by atoms with Crippen LogP contribution in [-0.4, -0.2) is 29.6 Å². The molecule has 2 aromatic rings. The molecule has 4 atom stereocenters. The predicted molar refractivity (Wildman–Crippen MR) is 108 cm³/mol. The third kappa shape index (κ3) is 3.88. The molecule has 0 aromatic heterocycles. The van der Waals surface area contributed by atoms with Crippen LogP contribution >= 0.6 is 23.2 Å².